The number of benzene rings is 2. The van der Waals surface area contributed by atoms with Gasteiger partial charge in [0, 0.05) is 6.42 Å². The molecule has 0 spiro atoms. The van der Waals surface area contributed by atoms with E-state index in [1.165, 1.54) is 0 Å². The quantitative estimate of drug-likeness (QED) is 0.622. The number of primary amides is 1. The highest BCUT2D eigenvalue weighted by Gasteiger charge is 2.28. The molecule has 5 nitrogen and oxygen atoms in total. The number of nitrogens with two attached hydrogens (primary N) is 1. The van der Waals surface area contributed by atoms with E-state index in [1.807, 2.05) is 54.6 Å². The second-order valence-corrected chi connectivity index (χ2v) is 6.85. The van der Waals surface area contributed by atoms with Crippen LogP contribution in [0.5, 0.6) is 0 Å². The zero-order valence-electron chi connectivity index (χ0n) is 14.8. The van der Waals surface area contributed by atoms with E-state index in [0.717, 1.165) is 21.8 Å². The molecule has 2 rings (SSSR count). The molecule has 0 fully saturated rings. The van der Waals surface area contributed by atoms with Gasteiger partial charge in [-0.2, -0.15) is 0 Å². The van der Waals surface area contributed by atoms with Gasteiger partial charge in [-0.05, 0) is 37.5 Å². The topological polar surface area (TPSA) is 72.6 Å². The van der Waals surface area contributed by atoms with Crippen molar-refractivity contribution in [3.8, 4) is 11.1 Å². The minimum atomic E-state index is -0.862. The molecule has 0 saturated carbocycles. The number of carbonyl (C=O) groups is 2. The Morgan fingerprint density at radius 3 is 2.12 bits per heavy atom. The lowest BCUT2D eigenvalue weighted by Crippen LogP contribution is -2.48. The van der Waals surface area contributed by atoms with E-state index in [2.05, 4.69) is 0 Å². The second kappa shape index (κ2) is 7.94. The fourth-order valence-electron chi connectivity index (χ4n) is 2.48. The molecule has 0 bridgehead atoms. The van der Waals surface area contributed by atoms with Gasteiger partial charge >= 0.3 is 0 Å². The number of carbonyl (C=O) groups excluding carboxylic acids is 2. The van der Waals surface area contributed by atoms with Crippen LogP contribution < -0.4 is 5.73 Å². The van der Waals surface area contributed by atoms with Gasteiger partial charge in [-0.1, -0.05) is 54.6 Å². The molecule has 0 radical (unpaired) electrons. The van der Waals surface area contributed by atoms with E-state index in [4.69, 9.17) is 10.6 Å². The van der Waals surface area contributed by atoms with Crippen LogP contribution in [-0.2, 0) is 20.8 Å². The molecule has 2 aromatic rings. The summed E-state index contributed by atoms with van der Waals surface area (Å²) < 4.78 is 0. The van der Waals surface area contributed by atoms with Crippen LogP contribution in [0, 0.1) is 0 Å². The highest BCUT2D eigenvalue weighted by molar-refractivity contribution is 5.82. The maximum atomic E-state index is 11.8. The molecular weight excluding hydrogens is 316 g/mol. The van der Waals surface area contributed by atoms with Crippen molar-refractivity contribution in [2.75, 3.05) is 0 Å². The minimum Gasteiger partial charge on any atom is -0.368 e. The Hall–Kier alpha value is -2.66. The average Bonchev–Trinajstić information content (AvgIpc) is 2.58. The lowest BCUT2D eigenvalue weighted by Gasteiger charge is -2.31. The third kappa shape index (κ3) is 5.43. The molecule has 0 aliphatic heterocycles. The van der Waals surface area contributed by atoms with Gasteiger partial charge in [0.2, 0.25) is 12.3 Å². The van der Waals surface area contributed by atoms with Crippen LogP contribution in [0.4, 0.5) is 0 Å². The smallest absolute Gasteiger partial charge is 0.243 e. The van der Waals surface area contributed by atoms with E-state index < -0.39 is 17.6 Å². The molecule has 0 heterocycles. The summed E-state index contributed by atoms with van der Waals surface area (Å²) in [5.74, 6) is -0.608. The molecular formula is C20H24N2O3. The Balaban J connectivity index is 2.16. The maximum absolute atomic E-state index is 11.8. The number of amides is 2. The first-order chi connectivity index (χ1) is 11.8. The Morgan fingerprint density at radius 2 is 1.64 bits per heavy atom. The summed E-state index contributed by atoms with van der Waals surface area (Å²) in [6.07, 6.45) is 0.790. The first-order valence-electron chi connectivity index (χ1n) is 8.16. The lowest BCUT2D eigenvalue weighted by atomic mass is 10.0. The predicted octanol–water partition coefficient (Wildman–Crippen LogP) is 2.94. The summed E-state index contributed by atoms with van der Waals surface area (Å²) in [4.78, 5) is 28.7. The van der Waals surface area contributed by atoms with Crippen molar-refractivity contribution in [1.82, 2.24) is 5.06 Å². The summed E-state index contributed by atoms with van der Waals surface area (Å²) in [5.41, 5.74) is 7.97. The van der Waals surface area contributed by atoms with Gasteiger partial charge in [-0.15, -0.1) is 0 Å². The molecule has 2 N–H and O–H groups in total. The van der Waals surface area contributed by atoms with Crippen LogP contribution in [0.1, 0.15) is 26.3 Å². The largest absolute Gasteiger partial charge is 0.368 e. The van der Waals surface area contributed by atoms with Gasteiger partial charge in [0.05, 0.1) is 5.60 Å². The van der Waals surface area contributed by atoms with Crippen LogP contribution in [0.2, 0.25) is 0 Å². The number of hydrogen-bond donors (Lipinski definition) is 1. The summed E-state index contributed by atoms with van der Waals surface area (Å²) in [6, 6.07) is 17.0. The first-order valence-corrected chi connectivity index (χ1v) is 8.16. The SMILES string of the molecule is CC(C)(C)ON(C=O)C(Cc1ccc(-c2ccccc2)cc1)C(N)=O. The Kier molecular flexibility index (Phi) is 5.93. The molecule has 2 aromatic carbocycles. The van der Waals surface area contributed by atoms with E-state index in [1.54, 1.807) is 20.8 Å². The monoisotopic (exact) mass is 340 g/mol. The van der Waals surface area contributed by atoms with Crippen molar-refractivity contribution in [2.45, 2.75) is 38.8 Å². The highest BCUT2D eigenvalue weighted by Crippen LogP contribution is 2.21. The fraction of sp³-hybridized carbons (Fsp3) is 0.300. The van der Waals surface area contributed by atoms with E-state index in [0.29, 0.717) is 12.8 Å². The number of nitrogens with zero attached hydrogens (tertiary/aromatic N) is 1. The van der Waals surface area contributed by atoms with Crippen LogP contribution >= 0.6 is 0 Å². The maximum Gasteiger partial charge on any atom is 0.243 e. The van der Waals surface area contributed by atoms with Crippen LogP contribution in [0.25, 0.3) is 11.1 Å². The molecule has 5 heteroatoms. The second-order valence-electron chi connectivity index (χ2n) is 6.85. The third-order valence-corrected chi connectivity index (χ3v) is 3.61. The van der Waals surface area contributed by atoms with Crippen LogP contribution in [0.15, 0.2) is 54.6 Å². The average molecular weight is 340 g/mol. The zero-order chi connectivity index (χ0) is 18.4. The normalized spacial score (nSPS) is 12.4. The van der Waals surface area contributed by atoms with Crippen molar-refractivity contribution >= 4 is 12.3 Å². The molecule has 2 amide bonds. The number of hydrogen-bond acceptors (Lipinski definition) is 3. The van der Waals surface area contributed by atoms with Crippen molar-refractivity contribution in [1.29, 1.82) is 0 Å². The Morgan fingerprint density at radius 1 is 1.08 bits per heavy atom. The lowest BCUT2D eigenvalue weighted by molar-refractivity contribution is -0.230. The summed E-state index contributed by atoms with van der Waals surface area (Å²) in [6.45, 7) is 5.41. The summed E-state index contributed by atoms with van der Waals surface area (Å²) in [7, 11) is 0. The molecule has 0 aliphatic rings. The molecule has 1 unspecified atom stereocenters. The molecule has 132 valence electrons. The van der Waals surface area contributed by atoms with Crippen LogP contribution in [0.3, 0.4) is 0 Å². The third-order valence-electron chi connectivity index (χ3n) is 3.61. The standard InChI is InChI=1S/C20H24N2O3/c1-20(2,3)25-22(14-23)18(19(21)24)13-15-9-11-17(12-10-15)16-7-5-4-6-8-16/h4-12,14,18H,13H2,1-3H3,(H2,21,24). The molecule has 0 aliphatic carbocycles. The predicted molar refractivity (Wildman–Crippen MR) is 97.3 cm³/mol. The number of rotatable bonds is 7. The van der Waals surface area contributed by atoms with Crippen molar-refractivity contribution in [2.24, 2.45) is 5.73 Å². The Labute approximate surface area is 148 Å². The highest BCUT2D eigenvalue weighted by atomic mass is 16.7. The van der Waals surface area contributed by atoms with Gasteiger partial charge < -0.3 is 5.73 Å². The van der Waals surface area contributed by atoms with E-state index >= 15 is 0 Å². The Bertz CT molecular complexity index is 706. The molecule has 1 atom stereocenters. The van der Waals surface area contributed by atoms with Crippen molar-refractivity contribution in [3.05, 3.63) is 60.2 Å². The number of hydroxylamine groups is 2. The zero-order valence-corrected chi connectivity index (χ0v) is 14.8. The van der Waals surface area contributed by atoms with E-state index in [9.17, 15) is 9.59 Å². The fourth-order valence-corrected chi connectivity index (χ4v) is 2.48. The molecule has 25 heavy (non-hydrogen) atoms. The molecule has 0 aromatic heterocycles. The van der Waals surface area contributed by atoms with Gasteiger partial charge in [0.1, 0.15) is 6.04 Å². The van der Waals surface area contributed by atoms with Gasteiger partial charge in [0.25, 0.3) is 0 Å². The van der Waals surface area contributed by atoms with E-state index in [-0.39, 0.29) is 0 Å². The van der Waals surface area contributed by atoms with Crippen molar-refractivity contribution < 1.29 is 14.4 Å². The van der Waals surface area contributed by atoms with Crippen molar-refractivity contribution in [3.63, 3.8) is 0 Å². The van der Waals surface area contributed by atoms with Gasteiger partial charge in [0.15, 0.2) is 0 Å². The first kappa shape index (κ1) is 18.7. The van der Waals surface area contributed by atoms with Crippen LogP contribution in [-0.4, -0.2) is 29.0 Å². The molecule has 0 saturated heterocycles. The summed E-state index contributed by atoms with van der Waals surface area (Å²) >= 11 is 0. The van der Waals surface area contributed by atoms with Gasteiger partial charge in [-0.25, -0.2) is 5.06 Å². The summed E-state index contributed by atoms with van der Waals surface area (Å²) in [5, 5.41) is 1.01. The van der Waals surface area contributed by atoms with Gasteiger partial charge in [-0.3, -0.25) is 14.4 Å². The minimum absolute atomic E-state index is 0.291.